The summed E-state index contributed by atoms with van der Waals surface area (Å²) < 4.78 is 7.56. The zero-order valence-electron chi connectivity index (χ0n) is 12.6. The summed E-state index contributed by atoms with van der Waals surface area (Å²) in [4.78, 5) is 9.89. The Hall–Kier alpha value is -2.40. The third kappa shape index (κ3) is 3.09. The highest BCUT2D eigenvalue weighted by Gasteiger charge is 2.05. The molecule has 0 spiro atoms. The average Bonchev–Trinajstić information content (AvgIpc) is 2.89. The monoisotopic (exact) mass is 311 g/mol. The first-order valence-corrected chi connectivity index (χ1v) is 7.87. The van der Waals surface area contributed by atoms with E-state index in [0.717, 1.165) is 28.3 Å². The molecule has 2 aromatic heterocycles. The Bertz CT molecular complexity index is 821. The fraction of sp³-hybridized carbons (Fsp3) is 0.176. The van der Waals surface area contributed by atoms with Crippen molar-refractivity contribution < 1.29 is 4.74 Å². The van der Waals surface area contributed by atoms with Crippen molar-refractivity contribution in [2.24, 2.45) is 4.99 Å². The molecule has 4 nitrogen and oxygen atoms in total. The summed E-state index contributed by atoms with van der Waals surface area (Å²) in [6.07, 6.45) is 3.67. The summed E-state index contributed by atoms with van der Waals surface area (Å²) in [5.74, 6) is 0.779. The van der Waals surface area contributed by atoms with Gasteiger partial charge in [-0.1, -0.05) is 18.2 Å². The highest BCUT2D eigenvalue weighted by molar-refractivity contribution is 7.07. The highest BCUT2D eigenvalue weighted by Crippen LogP contribution is 2.25. The van der Waals surface area contributed by atoms with Crippen LogP contribution < -0.4 is 9.54 Å². The molecule has 0 aliphatic carbocycles. The maximum absolute atomic E-state index is 5.37. The van der Waals surface area contributed by atoms with Crippen LogP contribution in [0.4, 0.5) is 5.69 Å². The Balaban J connectivity index is 2.03. The van der Waals surface area contributed by atoms with E-state index in [-0.39, 0.29) is 0 Å². The molecule has 0 N–H and O–H groups in total. The van der Waals surface area contributed by atoms with Crippen molar-refractivity contribution in [1.82, 2.24) is 9.55 Å². The predicted octanol–water partition coefficient (Wildman–Crippen LogP) is 3.54. The summed E-state index contributed by atoms with van der Waals surface area (Å²) in [5.41, 5.74) is 3.18. The maximum atomic E-state index is 5.37. The normalized spacial score (nSPS) is 11.6. The number of para-hydroxylation sites is 2. The lowest BCUT2D eigenvalue weighted by molar-refractivity contribution is 0.416. The first-order chi connectivity index (χ1) is 10.8. The number of hydrogen-bond acceptors (Lipinski definition) is 4. The minimum atomic E-state index is 0.761. The maximum Gasteiger partial charge on any atom is 0.190 e. The van der Waals surface area contributed by atoms with E-state index in [2.05, 4.69) is 27.9 Å². The number of hydrogen-bond donors (Lipinski definition) is 0. The Kier molecular flexibility index (Phi) is 4.34. The quantitative estimate of drug-likeness (QED) is 0.739. The first-order valence-electron chi connectivity index (χ1n) is 6.99. The van der Waals surface area contributed by atoms with Gasteiger partial charge >= 0.3 is 0 Å². The van der Waals surface area contributed by atoms with Gasteiger partial charge in [-0.05, 0) is 30.7 Å². The highest BCUT2D eigenvalue weighted by atomic mass is 32.1. The number of benzene rings is 1. The molecule has 3 aromatic rings. The summed E-state index contributed by atoms with van der Waals surface area (Å²) in [5, 5.41) is 2.12. The van der Waals surface area contributed by atoms with Crippen LogP contribution in [0.3, 0.4) is 0 Å². The van der Waals surface area contributed by atoms with Gasteiger partial charge in [0.2, 0.25) is 0 Å². The third-order valence-corrected chi connectivity index (χ3v) is 4.34. The Morgan fingerprint density at radius 2 is 2.09 bits per heavy atom. The van der Waals surface area contributed by atoms with Crippen molar-refractivity contribution >= 4 is 17.0 Å². The van der Waals surface area contributed by atoms with Crippen molar-refractivity contribution in [3.8, 4) is 5.75 Å². The van der Waals surface area contributed by atoms with Crippen molar-refractivity contribution in [2.75, 3.05) is 7.11 Å². The number of rotatable bonds is 4. The molecular formula is C17H17N3OS. The molecule has 0 atom stereocenters. The molecule has 0 amide bonds. The second-order valence-electron chi connectivity index (χ2n) is 4.89. The van der Waals surface area contributed by atoms with Gasteiger partial charge in [-0.15, -0.1) is 11.3 Å². The lowest BCUT2D eigenvalue weighted by atomic mass is 10.3. The molecule has 0 aliphatic heterocycles. The van der Waals surface area contributed by atoms with Crippen LogP contribution in [0, 0.1) is 6.92 Å². The molecular weight excluding hydrogens is 294 g/mol. The van der Waals surface area contributed by atoms with Crippen molar-refractivity contribution in [2.45, 2.75) is 13.5 Å². The predicted molar refractivity (Wildman–Crippen MR) is 88.6 cm³/mol. The van der Waals surface area contributed by atoms with E-state index in [1.807, 2.05) is 36.5 Å². The van der Waals surface area contributed by atoms with Gasteiger partial charge in [-0.2, -0.15) is 0 Å². The van der Waals surface area contributed by atoms with Gasteiger partial charge in [-0.25, -0.2) is 4.99 Å². The van der Waals surface area contributed by atoms with Gasteiger partial charge in [0, 0.05) is 23.5 Å². The van der Waals surface area contributed by atoms with Crippen LogP contribution in [-0.4, -0.2) is 16.7 Å². The van der Waals surface area contributed by atoms with Crippen molar-refractivity contribution in [1.29, 1.82) is 0 Å². The van der Waals surface area contributed by atoms with Gasteiger partial charge in [0.15, 0.2) is 4.80 Å². The van der Waals surface area contributed by atoms with Gasteiger partial charge in [0.05, 0.1) is 13.7 Å². The van der Waals surface area contributed by atoms with Crippen LogP contribution in [-0.2, 0) is 6.54 Å². The second-order valence-corrected chi connectivity index (χ2v) is 5.73. The molecule has 112 valence electrons. The molecule has 0 saturated heterocycles. The van der Waals surface area contributed by atoms with Crippen LogP contribution >= 0.6 is 11.3 Å². The Morgan fingerprint density at radius 1 is 1.23 bits per heavy atom. The topological polar surface area (TPSA) is 39.4 Å². The molecule has 0 saturated carbocycles. The molecule has 0 fully saturated rings. The van der Waals surface area contributed by atoms with E-state index < -0.39 is 0 Å². The molecule has 0 bridgehead atoms. The molecule has 0 aliphatic rings. The van der Waals surface area contributed by atoms with Gasteiger partial charge < -0.3 is 9.30 Å². The molecule has 0 unspecified atom stereocenters. The van der Waals surface area contributed by atoms with Gasteiger partial charge in [-0.3, -0.25) is 4.98 Å². The summed E-state index contributed by atoms with van der Waals surface area (Å²) in [7, 11) is 1.66. The van der Waals surface area contributed by atoms with Crippen LogP contribution in [0.15, 0.2) is 59.2 Å². The molecule has 22 heavy (non-hydrogen) atoms. The third-order valence-electron chi connectivity index (χ3n) is 3.36. The van der Waals surface area contributed by atoms with E-state index in [1.165, 1.54) is 5.69 Å². The van der Waals surface area contributed by atoms with Crippen LogP contribution in [0.2, 0.25) is 0 Å². The minimum absolute atomic E-state index is 0.761. The summed E-state index contributed by atoms with van der Waals surface area (Å²) >= 11 is 1.63. The number of pyridine rings is 1. The van der Waals surface area contributed by atoms with E-state index in [1.54, 1.807) is 24.6 Å². The summed E-state index contributed by atoms with van der Waals surface area (Å²) in [6, 6.07) is 11.8. The Labute approximate surface area is 133 Å². The molecule has 1 aromatic carbocycles. The van der Waals surface area contributed by atoms with Gasteiger partial charge in [0.25, 0.3) is 0 Å². The average molecular weight is 311 g/mol. The standard InChI is InChI=1S/C17H17N3OS/c1-13-12-22-17(19-15-7-3-4-8-16(15)21-2)20(13)11-14-6-5-9-18-10-14/h3-10,12H,11H2,1-2H3. The van der Waals surface area contributed by atoms with E-state index >= 15 is 0 Å². The lowest BCUT2D eigenvalue weighted by Gasteiger charge is -2.07. The van der Waals surface area contributed by atoms with Crippen molar-refractivity contribution in [3.05, 3.63) is 70.2 Å². The number of ether oxygens (including phenoxy) is 1. The van der Waals surface area contributed by atoms with Crippen LogP contribution in [0.1, 0.15) is 11.3 Å². The first kappa shape index (κ1) is 14.5. The van der Waals surface area contributed by atoms with Gasteiger partial charge in [0.1, 0.15) is 11.4 Å². The number of methoxy groups -OCH3 is 1. The molecule has 3 rings (SSSR count). The number of aryl methyl sites for hydroxylation is 1. The SMILES string of the molecule is COc1ccccc1N=c1scc(C)n1Cc1cccnc1. The van der Waals surface area contributed by atoms with Crippen LogP contribution in [0.5, 0.6) is 5.75 Å². The zero-order valence-corrected chi connectivity index (χ0v) is 13.4. The summed E-state index contributed by atoms with van der Waals surface area (Å²) in [6.45, 7) is 2.85. The largest absolute Gasteiger partial charge is 0.494 e. The van der Waals surface area contributed by atoms with E-state index in [9.17, 15) is 0 Å². The van der Waals surface area contributed by atoms with E-state index in [4.69, 9.17) is 9.73 Å². The number of nitrogens with zero attached hydrogens (tertiary/aromatic N) is 3. The molecule has 2 heterocycles. The lowest BCUT2D eigenvalue weighted by Crippen LogP contribution is -2.17. The molecule has 0 radical (unpaired) electrons. The second kappa shape index (κ2) is 6.58. The number of aromatic nitrogens is 2. The fourth-order valence-corrected chi connectivity index (χ4v) is 3.08. The minimum Gasteiger partial charge on any atom is -0.494 e. The van der Waals surface area contributed by atoms with E-state index in [0.29, 0.717) is 0 Å². The van der Waals surface area contributed by atoms with Crippen molar-refractivity contribution in [3.63, 3.8) is 0 Å². The Morgan fingerprint density at radius 3 is 2.86 bits per heavy atom. The number of thiazole rings is 1. The smallest absolute Gasteiger partial charge is 0.190 e. The zero-order chi connectivity index (χ0) is 15.4. The fourth-order valence-electron chi connectivity index (χ4n) is 2.19. The van der Waals surface area contributed by atoms with Crippen LogP contribution in [0.25, 0.3) is 0 Å². The molecule has 5 heteroatoms.